The summed E-state index contributed by atoms with van der Waals surface area (Å²) in [6.45, 7) is 5.99. The fourth-order valence-corrected chi connectivity index (χ4v) is 2.75. The molecule has 25 heavy (non-hydrogen) atoms. The second-order valence-electron chi connectivity index (χ2n) is 7.37. The predicted octanol–water partition coefficient (Wildman–Crippen LogP) is 3.03. The van der Waals surface area contributed by atoms with Crippen molar-refractivity contribution in [2.24, 2.45) is 0 Å². The maximum absolute atomic E-state index is 12.2. The van der Waals surface area contributed by atoms with E-state index < -0.39 is 0 Å². The summed E-state index contributed by atoms with van der Waals surface area (Å²) in [5, 5.41) is 18.2. The lowest BCUT2D eigenvalue weighted by atomic mass is 9.93. The number of benzene rings is 1. The number of rotatable bonds is 5. The van der Waals surface area contributed by atoms with E-state index in [0.29, 0.717) is 11.3 Å². The van der Waals surface area contributed by atoms with E-state index >= 15 is 0 Å². The summed E-state index contributed by atoms with van der Waals surface area (Å²) in [7, 11) is 0. The van der Waals surface area contributed by atoms with Crippen molar-refractivity contribution in [3.8, 4) is 0 Å². The highest BCUT2D eigenvalue weighted by molar-refractivity contribution is 5.96. The Hall–Kier alpha value is -2.08. The third-order valence-corrected chi connectivity index (χ3v) is 4.77. The first-order valence-electron chi connectivity index (χ1n) is 8.97. The summed E-state index contributed by atoms with van der Waals surface area (Å²) in [6, 6.07) is 6.69. The van der Waals surface area contributed by atoms with Crippen LogP contribution in [-0.2, 0) is 0 Å². The van der Waals surface area contributed by atoms with Crippen LogP contribution in [0, 0.1) is 0 Å². The van der Waals surface area contributed by atoms with Gasteiger partial charge in [0.25, 0.3) is 5.91 Å². The van der Waals surface area contributed by atoms with E-state index in [1.165, 1.54) is 0 Å². The minimum atomic E-state index is -0.259. The van der Waals surface area contributed by atoms with E-state index in [0.717, 1.165) is 32.1 Å². The molecule has 1 aliphatic carbocycles. The molecule has 0 bridgehead atoms. The molecule has 0 atom stereocenters. The van der Waals surface area contributed by atoms with Crippen molar-refractivity contribution in [2.75, 3.05) is 5.32 Å². The summed E-state index contributed by atoms with van der Waals surface area (Å²) >= 11 is 0. The number of aliphatic hydroxyl groups excluding tert-OH is 1. The second kappa shape index (κ2) is 8.34. The number of hydrogen-bond donors (Lipinski definition) is 4. The molecule has 2 rings (SSSR count). The lowest BCUT2D eigenvalue weighted by Gasteiger charge is -2.26. The molecule has 6 nitrogen and oxygen atoms in total. The highest BCUT2D eigenvalue weighted by Crippen LogP contribution is 2.18. The van der Waals surface area contributed by atoms with Gasteiger partial charge in [-0.3, -0.25) is 4.79 Å². The molecule has 0 aromatic heterocycles. The molecule has 6 heteroatoms. The fraction of sp³-hybridized carbons (Fsp3) is 0.579. The Morgan fingerprint density at radius 2 is 1.72 bits per heavy atom. The van der Waals surface area contributed by atoms with E-state index in [-0.39, 0.29) is 29.6 Å². The highest BCUT2D eigenvalue weighted by atomic mass is 16.3. The van der Waals surface area contributed by atoms with Gasteiger partial charge < -0.3 is 21.1 Å². The van der Waals surface area contributed by atoms with Gasteiger partial charge >= 0.3 is 6.03 Å². The van der Waals surface area contributed by atoms with Crippen molar-refractivity contribution in [2.45, 2.75) is 70.6 Å². The molecule has 1 aromatic carbocycles. The summed E-state index contributed by atoms with van der Waals surface area (Å²) in [4.78, 5) is 24.3. The average molecular weight is 347 g/mol. The average Bonchev–Trinajstić information content (AvgIpc) is 2.57. The minimum absolute atomic E-state index is 0.102. The van der Waals surface area contributed by atoms with Gasteiger partial charge in [0.1, 0.15) is 0 Å². The van der Waals surface area contributed by atoms with Gasteiger partial charge in [0.05, 0.1) is 6.10 Å². The van der Waals surface area contributed by atoms with Crippen LogP contribution in [0.25, 0.3) is 0 Å². The standard InChI is InChI=1S/C19H29N3O3/c1-4-19(2,3)22-17(24)13-5-7-14(8-6-13)20-18(25)21-15-9-11-16(23)12-10-15/h5-8,15-16,23H,4,9-12H2,1-3H3,(H,22,24)(H2,20,21,25). The lowest BCUT2D eigenvalue weighted by molar-refractivity contribution is 0.0911. The first-order chi connectivity index (χ1) is 11.8. The molecule has 1 aromatic rings. The summed E-state index contributed by atoms with van der Waals surface area (Å²) in [6.07, 6.45) is 3.64. The Morgan fingerprint density at radius 3 is 2.28 bits per heavy atom. The van der Waals surface area contributed by atoms with E-state index in [1.54, 1.807) is 24.3 Å². The topological polar surface area (TPSA) is 90.5 Å². The monoisotopic (exact) mass is 347 g/mol. The first kappa shape index (κ1) is 19.2. The van der Waals surface area contributed by atoms with Crippen LogP contribution in [-0.4, -0.2) is 34.7 Å². The summed E-state index contributed by atoms with van der Waals surface area (Å²) in [5.74, 6) is -0.122. The van der Waals surface area contributed by atoms with Crippen molar-refractivity contribution < 1.29 is 14.7 Å². The molecular formula is C19H29N3O3. The normalized spacial score (nSPS) is 20.6. The van der Waals surface area contributed by atoms with Crippen molar-refractivity contribution in [3.05, 3.63) is 29.8 Å². The second-order valence-corrected chi connectivity index (χ2v) is 7.37. The maximum Gasteiger partial charge on any atom is 0.319 e. The molecule has 4 N–H and O–H groups in total. The van der Waals surface area contributed by atoms with Crippen molar-refractivity contribution >= 4 is 17.6 Å². The van der Waals surface area contributed by atoms with Crippen LogP contribution in [0.5, 0.6) is 0 Å². The van der Waals surface area contributed by atoms with Crippen LogP contribution in [0.15, 0.2) is 24.3 Å². The third-order valence-electron chi connectivity index (χ3n) is 4.77. The smallest absolute Gasteiger partial charge is 0.319 e. The summed E-state index contributed by atoms with van der Waals surface area (Å²) in [5.41, 5.74) is 0.954. The van der Waals surface area contributed by atoms with Gasteiger partial charge in [-0.15, -0.1) is 0 Å². The van der Waals surface area contributed by atoms with Gasteiger partial charge in [-0.2, -0.15) is 0 Å². The van der Waals surface area contributed by atoms with Crippen LogP contribution in [0.2, 0.25) is 0 Å². The molecule has 3 amide bonds. The molecule has 0 aliphatic heterocycles. The van der Waals surface area contributed by atoms with E-state index in [1.807, 2.05) is 20.8 Å². The molecule has 0 saturated heterocycles. The molecule has 0 unspecified atom stereocenters. The molecule has 0 spiro atoms. The largest absolute Gasteiger partial charge is 0.393 e. The molecule has 1 fully saturated rings. The molecule has 0 heterocycles. The number of amides is 3. The highest BCUT2D eigenvalue weighted by Gasteiger charge is 2.21. The van der Waals surface area contributed by atoms with E-state index in [9.17, 15) is 14.7 Å². The number of anilines is 1. The Bertz CT molecular complexity index is 590. The van der Waals surface area contributed by atoms with Crippen LogP contribution in [0.4, 0.5) is 10.5 Å². The first-order valence-corrected chi connectivity index (χ1v) is 8.97. The Labute approximate surface area is 149 Å². The summed E-state index contributed by atoms with van der Waals surface area (Å²) < 4.78 is 0. The van der Waals surface area contributed by atoms with Gasteiger partial charge in [0.2, 0.25) is 0 Å². The molecule has 0 radical (unpaired) electrons. The minimum Gasteiger partial charge on any atom is -0.393 e. The predicted molar refractivity (Wildman–Crippen MR) is 98.7 cm³/mol. The number of urea groups is 1. The maximum atomic E-state index is 12.2. The van der Waals surface area contributed by atoms with Crippen molar-refractivity contribution in [3.63, 3.8) is 0 Å². The van der Waals surface area contributed by atoms with Crippen molar-refractivity contribution in [1.82, 2.24) is 10.6 Å². The Balaban J connectivity index is 1.85. The number of nitrogens with one attached hydrogen (secondary N) is 3. The Kier molecular flexibility index (Phi) is 6.42. The van der Waals surface area contributed by atoms with Crippen LogP contribution in [0.1, 0.15) is 63.2 Å². The zero-order valence-corrected chi connectivity index (χ0v) is 15.3. The van der Waals surface area contributed by atoms with Crippen LogP contribution < -0.4 is 16.0 Å². The van der Waals surface area contributed by atoms with Crippen LogP contribution in [0.3, 0.4) is 0 Å². The quantitative estimate of drug-likeness (QED) is 0.660. The fourth-order valence-electron chi connectivity index (χ4n) is 2.75. The number of aliphatic hydroxyl groups is 1. The van der Waals surface area contributed by atoms with Gasteiger partial charge in [-0.25, -0.2) is 4.79 Å². The van der Waals surface area contributed by atoms with Gasteiger partial charge in [-0.05, 0) is 70.2 Å². The molecule has 138 valence electrons. The van der Waals surface area contributed by atoms with Gasteiger partial charge in [0.15, 0.2) is 0 Å². The van der Waals surface area contributed by atoms with E-state index in [4.69, 9.17) is 0 Å². The molecular weight excluding hydrogens is 318 g/mol. The zero-order valence-electron chi connectivity index (χ0n) is 15.3. The van der Waals surface area contributed by atoms with Crippen molar-refractivity contribution in [1.29, 1.82) is 0 Å². The lowest BCUT2D eigenvalue weighted by Crippen LogP contribution is -2.42. The van der Waals surface area contributed by atoms with E-state index in [2.05, 4.69) is 16.0 Å². The molecule has 1 aliphatic rings. The number of carbonyl (C=O) groups is 2. The number of carbonyl (C=O) groups excluding carboxylic acids is 2. The van der Waals surface area contributed by atoms with Gasteiger partial charge in [0, 0.05) is 22.8 Å². The van der Waals surface area contributed by atoms with Gasteiger partial charge in [-0.1, -0.05) is 6.92 Å². The third kappa shape index (κ3) is 6.05. The SMILES string of the molecule is CCC(C)(C)NC(=O)c1ccc(NC(=O)NC2CCC(O)CC2)cc1. The van der Waals surface area contributed by atoms with Crippen LogP contribution >= 0.6 is 0 Å². The zero-order chi connectivity index (χ0) is 18.4. The molecule has 1 saturated carbocycles. The Morgan fingerprint density at radius 1 is 1.12 bits per heavy atom. The number of hydrogen-bond acceptors (Lipinski definition) is 3.